The summed E-state index contributed by atoms with van der Waals surface area (Å²) >= 11 is 0. The molecular formula is C17H23NO6. The maximum Gasteiger partial charge on any atom is 0.267 e. The monoisotopic (exact) mass is 337 g/mol. The Morgan fingerprint density at radius 3 is 2.58 bits per heavy atom. The van der Waals surface area contributed by atoms with Crippen molar-refractivity contribution in [1.82, 2.24) is 4.90 Å². The lowest BCUT2D eigenvalue weighted by Crippen LogP contribution is -2.60. The number of carbonyl (C=O) groups excluding carboxylic acids is 1. The maximum absolute atomic E-state index is 12.8. The van der Waals surface area contributed by atoms with Gasteiger partial charge in [0.05, 0.1) is 19.3 Å². The molecule has 24 heavy (non-hydrogen) atoms. The van der Waals surface area contributed by atoms with Gasteiger partial charge in [-0.15, -0.1) is 0 Å². The smallest absolute Gasteiger partial charge is 0.267 e. The molecule has 0 aromatic heterocycles. The van der Waals surface area contributed by atoms with Gasteiger partial charge < -0.3 is 28.6 Å². The lowest BCUT2D eigenvalue weighted by Gasteiger charge is -2.41. The van der Waals surface area contributed by atoms with Crippen LogP contribution in [0.2, 0.25) is 0 Å². The van der Waals surface area contributed by atoms with E-state index in [-0.39, 0.29) is 30.8 Å². The molecule has 1 saturated heterocycles. The number of rotatable bonds is 4. The first-order valence-electron chi connectivity index (χ1n) is 7.94. The first-order chi connectivity index (χ1) is 11.7. The largest absolute Gasteiger partial charge is 0.485 e. The maximum atomic E-state index is 12.8. The lowest BCUT2D eigenvalue weighted by molar-refractivity contribution is -0.170. The van der Waals surface area contributed by atoms with Gasteiger partial charge in [-0.05, 0) is 12.1 Å². The van der Waals surface area contributed by atoms with Gasteiger partial charge >= 0.3 is 0 Å². The minimum Gasteiger partial charge on any atom is -0.485 e. The highest BCUT2D eigenvalue weighted by Gasteiger charge is 2.41. The van der Waals surface area contributed by atoms with Gasteiger partial charge in [-0.2, -0.15) is 0 Å². The Kier molecular flexibility index (Phi) is 5.23. The van der Waals surface area contributed by atoms with Crippen LogP contribution in [0, 0.1) is 0 Å². The van der Waals surface area contributed by atoms with Gasteiger partial charge in [-0.3, -0.25) is 4.79 Å². The van der Waals surface area contributed by atoms with Gasteiger partial charge in [0.2, 0.25) is 6.10 Å². The van der Waals surface area contributed by atoms with Crippen molar-refractivity contribution in [3.8, 4) is 11.5 Å². The minimum absolute atomic E-state index is 0.170. The van der Waals surface area contributed by atoms with Crippen molar-refractivity contribution in [3.63, 3.8) is 0 Å². The van der Waals surface area contributed by atoms with Gasteiger partial charge in [0.1, 0.15) is 18.8 Å². The van der Waals surface area contributed by atoms with E-state index in [0.717, 1.165) is 0 Å². The Labute approximate surface area is 141 Å². The molecule has 1 fully saturated rings. The summed E-state index contributed by atoms with van der Waals surface area (Å²) < 4.78 is 27.9. The van der Waals surface area contributed by atoms with Crippen LogP contribution in [0.4, 0.5) is 0 Å². The summed E-state index contributed by atoms with van der Waals surface area (Å²) in [5.74, 6) is 1.06. The molecule has 4 atom stereocenters. The summed E-state index contributed by atoms with van der Waals surface area (Å²) in [6.45, 7) is 1.02. The summed E-state index contributed by atoms with van der Waals surface area (Å²) in [5.41, 5.74) is 0. The van der Waals surface area contributed by atoms with Crippen LogP contribution in [0.1, 0.15) is 0 Å². The predicted molar refractivity (Wildman–Crippen MR) is 85.3 cm³/mol. The van der Waals surface area contributed by atoms with E-state index in [0.29, 0.717) is 24.7 Å². The van der Waals surface area contributed by atoms with E-state index in [1.165, 1.54) is 0 Å². The summed E-state index contributed by atoms with van der Waals surface area (Å²) in [6, 6.07) is 7.07. The number of ether oxygens (including phenoxy) is 5. The van der Waals surface area contributed by atoms with Crippen molar-refractivity contribution in [3.05, 3.63) is 24.3 Å². The van der Waals surface area contributed by atoms with E-state index < -0.39 is 6.10 Å². The van der Waals surface area contributed by atoms with Gasteiger partial charge in [-0.1, -0.05) is 12.1 Å². The minimum atomic E-state index is -0.690. The molecule has 7 heteroatoms. The Morgan fingerprint density at radius 1 is 1.12 bits per heavy atom. The molecule has 1 aromatic rings. The van der Waals surface area contributed by atoms with E-state index in [1.807, 2.05) is 18.2 Å². The molecule has 2 heterocycles. The quantitative estimate of drug-likeness (QED) is 0.806. The van der Waals surface area contributed by atoms with Crippen molar-refractivity contribution in [1.29, 1.82) is 0 Å². The van der Waals surface area contributed by atoms with Crippen LogP contribution in [0.5, 0.6) is 11.5 Å². The third kappa shape index (κ3) is 3.19. The predicted octanol–water partition coefficient (Wildman–Crippen LogP) is 0.714. The molecule has 0 unspecified atom stereocenters. The Balaban J connectivity index is 1.70. The van der Waals surface area contributed by atoms with Gasteiger partial charge in [0, 0.05) is 21.3 Å². The first-order valence-corrected chi connectivity index (χ1v) is 7.94. The number of benzene rings is 1. The van der Waals surface area contributed by atoms with E-state index in [4.69, 9.17) is 23.7 Å². The third-order valence-corrected chi connectivity index (χ3v) is 4.52. The number of para-hydroxylation sites is 2. The summed E-state index contributed by atoms with van der Waals surface area (Å²) in [5, 5.41) is 0. The Morgan fingerprint density at radius 2 is 1.88 bits per heavy atom. The van der Waals surface area contributed by atoms with Crippen LogP contribution >= 0.6 is 0 Å². The average molecular weight is 337 g/mol. The highest BCUT2D eigenvalue weighted by atomic mass is 16.6. The van der Waals surface area contributed by atoms with Gasteiger partial charge in [0.25, 0.3) is 5.91 Å². The van der Waals surface area contributed by atoms with Crippen LogP contribution in [0.3, 0.4) is 0 Å². The highest BCUT2D eigenvalue weighted by Crippen LogP contribution is 2.31. The molecule has 1 amide bonds. The van der Waals surface area contributed by atoms with Crippen molar-refractivity contribution in [2.45, 2.75) is 24.4 Å². The van der Waals surface area contributed by atoms with Crippen LogP contribution in [-0.4, -0.2) is 76.2 Å². The standard InChI is InChI=1S/C17H23NO6/c1-18(11-8-22-9-14(20-2)16(11)21-3)17(19)15-10-23-12-6-4-5-7-13(12)24-15/h4-7,11,14-16H,8-10H2,1-3H3/t11-,14-,15-,16+/m1/s1. The number of amides is 1. The average Bonchev–Trinajstić information content (AvgIpc) is 2.65. The van der Waals surface area contributed by atoms with E-state index >= 15 is 0 Å². The molecule has 0 spiro atoms. The van der Waals surface area contributed by atoms with E-state index in [9.17, 15) is 4.79 Å². The Bertz CT molecular complexity index is 580. The number of hydrogen-bond acceptors (Lipinski definition) is 6. The van der Waals surface area contributed by atoms with Gasteiger partial charge in [0.15, 0.2) is 11.5 Å². The zero-order valence-corrected chi connectivity index (χ0v) is 14.1. The number of hydrogen-bond donors (Lipinski definition) is 0. The Hall–Kier alpha value is -1.83. The van der Waals surface area contributed by atoms with Crippen LogP contribution in [-0.2, 0) is 19.0 Å². The zero-order chi connectivity index (χ0) is 17.1. The highest BCUT2D eigenvalue weighted by molar-refractivity contribution is 5.82. The summed E-state index contributed by atoms with van der Waals surface area (Å²) in [6.07, 6.45) is -1.16. The third-order valence-electron chi connectivity index (χ3n) is 4.52. The number of carbonyl (C=O) groups is 1. The SMILES string of the molecule is CO[C@H]1[C@H](N(C)C(=O)[C@H]2COc3ccccc3O2)COC[C@H]1OC. The first kappa shape index (κ1) is 17.0. The summed E-state index contributed by atoms with van der Waals surface area (Å²) in [7, 11) is 4.95. The molecule has 1 aromatic carbocycles. The number of fused-ring (bicyclic) bond motifs is 1. The van der Waals surface area contributed by atoms with Crippen molar-refractivity contribution in [2.24, 2.45) is 0 Å². The topological polar surface area (TPSA) is 66.5 Å². The molecule has 0 radical (unpaired) electrons. The lowest BCUT2D eigenvalue weighted by atomic mass is 10.0. The normalized spacial score (nSPS) is 29.1. The summed E-state index contributed by atoms with van der Waals surface area (Å²) in [4.78, 5) is 14.4. The fourth-order valence-electron chi connectivity index (χ4n) is 3.12. The zero-order valence-electron chi connectivity index (χ0n) is 14.1. The second kappa shape index (κ2) is 7.38. The molecule has 0 saturated carbocycles. The van der Waals surface area contributed by atoms with Crippen LogP contribution < -0.4 is 9.47 Å². The van der Waals surface area contributed by atoms with Crippen LogP contribution in [0.15, 0.2) is 24.3 Å². The number of methoxy groups -OCH3 is 2. The number of nitrogens with zero attached hydrogens (tertiary/aromatic N) is 1. The van der Waals surface area contributed by atoms with Crippen molar-refractivity contribution < 1.29 is 28.5 Å². The molecule has 0 bridgehead atoms. The van der Waals surface area contributed by atoms with Crippen molar-refractivity contribution in [2.75, 3.05) is 41.1 Å². The second-order valence-electron chi connectivity index (χ2n) is 5.89. The molecule has 0 aliphatic carbocycles. The fraction of sp³-hybridized carbons (Fsp3) is 0.588. The fourth-order valence-corrected chi connectivity index (χ4v) is 3.12. The van der Waals surface area contributed by atoms with Gasteiger partial charge in [-0.25, -0.2) is 0 Å². The molecule has 132 valence electrons. The molecule has 2 aliphatic rings. The molecular weight excluding hydrogens is 314 g/mol. The van der Waals surface area contributed by atoms with Crippen LogP contribution in [0.25, 0.3) is 0 Å². The molecule has 3 rings (SSSR count). The van der Waals surface area contributed by atoms with Crippen molar-refractivity contribution >= 4 is 5.91 Å². The van der Waals surface area contributed by atoms with E-state index in [1.54, 1.807) is 32.2 Å². The molecule has 7 nitrogen and oxygen atoms in total. The molecule has 2 aliphatic heterocycles. The number of likely N-dealkylation sites (N-methyl/N-ethyl adjacent to an activating group) is 1. The van der Waals surface area contributed by atoms with E-state index in [2.05, 4.69) is 0 Å². The second-order valence-corrected chi connectivity index (χ2v) is 5.89. The molecule has 0 N–H and O–H groups in total.